The summed E-state index contributed by atoms with van der Waals surface area (Å²) in [5.74, 6) is -0.931. The molecule has 66 heavy (non-hydrogen) atoms. The molecule has 0 bridgehead atoms. The second-order valence-corrected chi connectivity index (χ2v) is 17.4. The van der Waals surface area contributed by atoms with Gasteiger partial charge in [0.1, 0.15) is 13.2 Å². The van der Waals surface area contributed by atoms with Crippen LogP contribution < -0.4 is 0 Å². The predicted octanol–water partition coefficient (Wildman–Crippen LogP) is 17.9. The minimum absolute atomic E-state index is 0.0906. The van der Waals surface area contributed by atoms with Gasteiger partial charge in [-0.1, -0.05) is 220 Å². The van der Waals surface area contributed by atoms with E-state index in [9.17, 15) is 14.4 Å². The summed E-state index contributed by atoms with van der Waals surface area (Å²) in [6, 6.07) is 0. The molecule has 6 nitrogen and oxygen atoms in total. The third-order valence-corrected chi connectivity index (χ3v) is 11.0. The van der Waals surface area contributed by atoms with Crippen LogP contribution in [-0.2, 0) is 28.6 Å². The highest BCUT2D eigenvalue weighted by molar-refractivity contribution is 5.71. The first-order valence-electron chi connectivity index (χ1n) is 26.9. The second-order valence-electron chi connectivity index (χ2n) is 17.4. The third-order valence-electron chi connectivity index (χ3n) is 11.0. The van der Waals surface area contributed by atoms with E-state index in [1.807, 2.05) is 0 Å². The van der Waals surface area contributed by atoms with Gasteiger partial charge in [0.25, 0.3) is 0 Å². The summed E-state index contributed by atoms with van der Waals surface area (Å²) in [6.07, 6.45) is 72.3. The zero-order valence-electron chi connectivity index (χ0n) is 42.7. The van der Waals surface area contributed by atoms with Crippen LogP contribution in [0.1, 0.15) is 233 Å². The van der Waals surface area contributed by atoms with Crippen molar-refractivity contribution >= 4 is 17.9 Å². The normalized spacial score (nSPS) is 13.0. The van der Waals surface area contributed by atoms with Gasteiger partial charge in [-0.3, -0.25) is 14.4 Å². The SMILES string of the molecule is CC/C=C\C/C=C\C/C=C\C/C=C\C/C=C\C/C=C\CCCCCCCCC(=O)OCC(COC(=O)CCCCCCCCCC)OC(=O)CCCCCCC/C=C\C/C=C\C/C=C\CC. The number of carbonyl (C=O) groups excluding carboxylic acids is 3. The molecule has 0 rings (SSSR count). The fourth-order valence-electron chi connectivity index (χ4n) is 7.05. The first kappa shape index (κ1) is 62.1. The lowest BCUT2D eigenvalue weighted by Crippen LogP contribution is -2.30. The summed E-state index contributed by atoms with van der Waals surface area (Å²) in [7, 11) is 0. The molecule has 0 aromatic rings. The average Bonchev–Trinajstić information content (AvgIpc) is 3.31. The van der Waals surface area contributed by atoms with Gasteiger partial charge >= 0.3 is 17.9 Å². The van der Waals surface area contributed by atoms with Crippen LogP contribution >= 0.6 is 0 Å². The van der Waals surface area contributed by atoms with Gasteiger partial charge in [-0.05, 0) is 103 Å². The minimum atomic E-state index is -0.792. The minimum Gasteiger partial charge on any atom is -0.462 e. The van der Waals surface area contributed by atoms with Gasteiger partial charge in [-0.15, -0.1) is 0 Å². The molecule has 0 N–H and O–H groups in total. The number of ether oxygens (including phenoxy) is 3. The molecule has 0 aromatic heterocycles. The highest BCUT2D eigenvalue weighted by atomic mass is 16.6. The molecule has 0 saturated heterocycles. The van der Waals surface area contributed by atoms with Crippen molar-refractivity contribution in [3.8, 4) is 0 Å². The van der Waals surface area contributed by atoms with Gasteiger partial charge in [-0.2, -0.15) is 0 Å². The monoisotopic (exact) mass is 915 g/mol. The Labute approximate surface area is 406 Å². The molecule has 0 spiro atoms. The zero-order chi connectivity index (χ0) is 47.9. The number of carbonyl (C=O) groups is 3. The van der Waals surface area contributed by atoms with Gasteiger partial charge in [0.15, 0.2) is 6.10 Å². The number of hydrogen-bond donors (Lipinski definition) is 0. The van der Waals surface area contributed by atoms with Crippen molar-refractivity contribution in [2.45, 2.75) is 239 Å². The molecule has 6 heteroatoms. The van der Waals surface area contributed by atoms with Crippen molar-refractivity contribution in [1.29, 1.82) is 0 Å². The molecule has 0 aromatic carbocycles. The Morgan fingerprint density at radius 2 is 0.591 bits per heavy atom. The van der Waals surface area contributed by atoms with E-state index in [4.69, 9.17) is 14.2 Å². The van der Waals surface area contributed by atoms with Crippen LogP contribution in [0.25, 0.3) is 0 Å². The lowest BCUT2D eigenvalue weighted by Gasteiger charge is -2.18. The lowest BCUT2D eigenvalue weighted by molar-refractivity contribution is -0.167. The van der Waals surface area contributed by atoms with Gasteiger partial charge in [-0.25, -0.2) is 0 Å². The molecule has 0 aliphatic carbocycles. The van der Waals surface area contributed by atoms with Crippen LogP contribution in [0.2, 0.25) is 0 Å². The summed E-state index contributed by atoms with van der Waals surface area (Å²) < 4.78 is 16.7. The van der Waals surface area contributed by atoms with Crippen LogP contribution in [0.4, 0.5) is 0 Å². The second kappa shape index (κ2) is 53.7. The van der Waals surface area contributed by atoms with Crippen LogP contribution in [0.5, 0.6) is 0 Å². The number of allylic oxidation sites excluding steroid dienone is 18. The van der Waals surface area contributed by atoms with Crippen molar-refractivity contribution in [3.05, 3.63) is 109 Å². The Morgan fingerprint density at radius 1 is 0.318 bits per heavy atom. The Kier molecular flexibility index (Phi) is 50.5. The zero-order valence-corrected chi connectivity index (χ0v) is 42.7. The van der Waals surface area contributed by atoms with Crippen LogP contribution in [-0.4, -0.2) is 37.2 Å². The molecule has 0 aliphatic rings. The van der Waals surface area contributed by atoms with Crippen molar-refractivity contribution in [2.24, 2.45) is 0 Å². The van der Waals surface area contributed by atoms with E-state index in [0.29, 0.717) is 19.3 Å². The van der Waals surface area contributed by atoms with E-state index < -0.39 is 6.10 Å². The molecule has 1 unspecified atom stereocenters. The molecule has 374 valence electrons. The van der Waals surface area contributed by atoms with Gasteiger partial charge < -0.3 is 14.2 Å². The quantitative estimate of drug-likeness (QED) is 0.0262. The summed E-state index contributed by atoms with van der Waals surface area (Å²) in [5, 5.41) is 0. The largest absolute Gasteiger partial charge is 0.462 e. The smallest absolute Gasteiger partial charge is 0.306 e. The maximum atomic E-state index is 12.8. The van der Waals surface area contributed by atoms with Crippen molar-refractivity contribution in [1.82, 2.24) is 0 Å². The Balaban J connectivity index is 4.30. The molecule has 0 fully saturated rings. The van der Waals surface area contributed by atoms with Crippen LogP contribution in [0, 0.1) is 0 Å². The number of hydrogen-bond acceptors (Lipinski definition) is 6. The van der Waals surface area contributed by atoms with Crippen LogP contribution in [0.3, 0.4) is 0 Å². The lowest BCUT2D eigenvalue weighted by atomic mass is 10.1. The van der Waals surface area contributed by atoms with E-state index in [0.717, 1.165) is 148 Å². The molecular weight excluding hydrogens is 817 g/mol. The van der Waals surface area contributed by atoms with Gasteiger partial charge in [0.05, 0.1) is 0 Å². The van der Waals surface area contributed by atoms with Gasteiger partial charge in [0.2, 0.25) is 0 Å². The Morgan fingerprint density at radius 3 is 0.924 bits per heavy atom. The maximum Gasteiger partial charge on any atom is 0.306 e. The average molecular weight is 915 g/mol. The van der Waals surface area contributed by atoms with Crippen LogP contribution in [0.15, 0.2) is 109 Å². The van der Waals surface area contributed by atoms with E-state index in [1.54, 1.807) is 0 Å². The molecular formula is C60H98O6. The fraction of sp³-hybridized carbons (Fsp3) is 0.650. The summed E-state index contributed by atoms with van der Waals surface area (Å²) in [5.41, 5.74) is 0. The topological polar surface area (TPSA) is 78.9 Å². The fourth-order valence-corrected chi connectivity index (χ4v) is 7.05. The maximum absolute atomic E-state index is 12.8. The van der Waals surface area contributed by atoms with E-state index in [1.165, 1.54) is 44.9 Å². The highest BCUT2D eigenvalue weighted by Crippen LogP contribution is 2.14. The van der Waals surface area contributed by atoms with Crippen molar-refractivity contribution in [3.63, 3.8) is 0 Å². The third kappa shape index (κ3) is 51.1. The summed E-state index contributed by atoms with van der Waals surface area (Å²) >= 11 is 0. The number of rotatable bonds is 47. The first-order chi connectivity index (χ1) is 32.5. The van der Waals surface area contributed by atoms with E-state index in [-0.39, 0.29) is 31.1 Å². The standard InChI is InChI=1S/C60H98O6/c1-4-7-10-13-16-19-21-23-25-26-27-28-29-30-31-32-33-34-36-37-39-41-44-47-50-53-59(62)65-56-57(55-64-58(61)52-49-46-43-18-15-12-9-6-3)66-60(63)54-51-48-45-42-40-38-35-24-22-20-17-14-11-8-5-2/h7-8,10-11,16-17,19-20,23-25,27-28,30-31,33-35,57H,4-6,9,12-15,18,21-22,26,29,32,36-56H2,1-3H3/b10-7-,11-8-,19-16-,20-17-,25-23-,28-27-,31-30-,34-33-,35-24-. The molecule has 0 heterocycles. The molecule has 0 saturated carbocycles. The first-order valence-corrected chi connectivity index (χ1v) is 26.9. The van der Waals surface area contributed by atoms with E-state index in [2.05, 4.69) is 130 Å². The molecule has 0 amide bonds. The summed E-state index contributed by atoms with van der Waals surface area (Å²) in [6.45, 7) is 6.34. The highest BCUT2D eigenvalue weighted by Gasteiger charge is 2.19. The predicted molar refractivity (Wildman–Crippen MR) is 283 cm³/mol. The van der Waals surface area contributed by atoms with E-state index >= 15 is 0 Å². The summed E-state index contributed by atoms with van der Waals surface area (Å²) in [4.78, 5) is 37.9. The van der Waals surface area contributed by atoms with Gasteiger partial charge in [0, 0.05) is 19.3 Å². The van der Waals surface area contributed by atoms with Crippen molar-refractivity contribution < 1.29 is 28.6 Å². The molecule has 0 radical (unpaired) electrons. The number of unbranched alkanes of at least 4 members (excludes halogenated alkanes) is 18. The Hall–Kier alpha value is -3.93. The molecule has 1 atom stereocenters. The Bertz CT molecular complexity index is 1370. The molecule has 0 aliphatic heterocycles. The number of esters is 3. The van der Waals surface area contributed by atoms with Crippen molar-refractivity contribution in [2.75, 3.05) is 13.2 Å².